The highest BCUT2D eigenvalue weighted by Gasteiger charge is 2.29. The molecule has 25 heavy (non-hydrogen) atoms. The van der Waals surface area contributed by atoms with Crippen LogP contribution in [0.3, 0.4) is 0 Å². The summed E-state index contributed by atoms with van der Waals surface area (Å²) in [4.78, 5) is 12.6. The second-order valence-electron chi connectivity index (χ2n) is 7.24. The lowest BCUT2D eigenvalue weighted by molar-refractivity contribution is 0.0898. The van der Waals surface area contributed by atoms with Crippen LogP contribution < -0.4 is 15.8 Å². The number of nitrogens with one attached hydrogen (secondary N) is 2. The Morgan fingerprint density at radius 1 is 1.28 bits per heavy atom. The lowest BCUT2D eigenvalue weighted by Crippen LogP contribution is -2.52. The molecule has 1 atom stereocenters. The maximum atomic E-state index is 12.4. The molecule has 0 radical (unpaired) electrons. The van der Waals surface area contributed by atoms with Crippen LogP contribution in [-0.2, 0) is 10.0 Å². The number of amides is 1. The van der Waals surface area contributed by atoms with Gasteiger partial charge >= 0.3 is 0 Å². The van der Waals surface area contributed by atoms with Gasteiger partial charge in [-0.15, -0.1) is 12.4 Å². The minimum Gasteiger partial charge on any atom is -0.346 e. The lowest BCUT2D eigenvalue weighted by atomic mass is 9.90. The van der Waals surface area contributed by atoms with Crippen LogP contribution in [0, 0.1) is 5.92 Å². The van der Waals surface area contributed by atoms with Gasteiger partial charge in [0.05, 0.1) is 4.90 Å². The molecule has 1 aromatic rings. The van der Waals surface area contributed by atoms with Crippen LogP contribution in [-0.4, -0.2) is 32.5 Å². The number of halogens is 1. The quantitative estimate of drug-likeness (QED) is 0.633. The predicted octanol–water partition coefficient (Wildman–Crippen LogP) is 2.04. The van der Waals surface area contributed by atoms with Gasteiger partial charge in [0.15, 0.2) is 0 Å². The van der Waals surface area contributed by atoms with E-state index in [0.29, 0.717) is 18.0 Å². The lowest BCUT2D eigenvalue weighted by Gasteiger charge is -2.31. The van der Waals surface area contributed by atoms with Crippen molar-refractivity contribution in [1.29, 1.82) is 0 Å². The number of sulfonamides is 1. The van der Waals surface area contributed by atoms with Gasteiger partial charge in [-0.05, 0) is 56.4 Å². The summed E-state index contributed by atoms with van der Waals surface area (Å²) in [6, 6.07) is 6.04. The highest BCUT2D eigenvalue weighted by atomic mass is 35.5. The van der Waals surface area contributed by atoms with Crippen molar-refractivity contribution < 1.29 is 13.2 Å². The third-order valence-corrected chi connectivity index (χ3v) is 5.59. The van der Waals surface area contributed by atoms with Crippen molar-refractivity contribution in [2.24, 2.45) is 11.7 Å². The average Bonchev–Trinajstić information content (AvgIpc) is 3.29. The molecule has 0 saturated heterocycles. The topological polar surface area (TPSA) is 101 Å². The first-order valence-electron chi connectivity index (χ1n) is 8.30. The number of hydrogen-bond acceptors (Lipinski definition) is 4. The van der Waals surface area contributed by atoms with Gasteiger partial charge in [0.1, 0.15) is 0 Å². The van der Waals surface area contributed by atoms with Crippen LogP contribution in [0.25, 0.3) is 0 Å². The van der Waals surface area contributed by atoms with Gasteiger partial charge in [-0.3, -0.25) is 4.79 Å². The van der Waals surface area contributed by atoms with Crippen molar-refractivity contribution in [2.75, 3.05) is 6.54 Å². The van der Waals surface area contributed by atoms with Crippen LogP contribution in [0.2, 0.25) is 0 Å². The molecule has 1 aliphatic carbocycles. The molecule has 1 fully saturated rings. The molecular weight excluding hydrogens is 362 g/mol. The Morgan fingerprint density at radius 2 is 1.84 bits per heavy atom. The molecular formula is C17H28ClN3O3S. The summed E-state index contributed by atoms with van der Waals surface area (Å²) in [6.45, 7) is 6.41. The van der Waals surface area contributed by atoms with Crippen LogP contribution >= 0.6 is 12.4 Å². The van der Waals surface area contributed by atoms with Crippen LogP contribution in [0.4, 0.5) is 0 Å². The SMILES string of the molecule is CC(C)CC(C)(CN)NC(=O)c1ccc(S(=O)(=O)NC2CC2)cc1.Cl. The van der Waals surface area contributed by atoms with Crippen molar-refractivity contribution in [3.63, 3.8) is 0 Å². The van der Waals surface area contributed by atoms with E-state index in [0.717, 1.165) is 19.3 Å². The molecule has 0 bridgehead atoms. The van der Waals surface area contributed by atoms with Gasteiger partial charge in [0.2, 0.25) is 10.0 Å². The zero-order valence-electron chi connectivity index (χ0n) is 14.9. The Balaban J connectivity index is 0.00000312. The third kappa shape index (κ3) is 6.26. The first-order valence-corrected chi connectivity index (χ1v) is 9.78. The average molecular weight is 390 g/mol. The maximum Gasteiger partial charge on any atom is 0.251 e. The summed E-state index contributed by atoms with van der Waals surface area (Å²) >= 11 is 0. The highest BCUT2D eigenvalue weighted by Crippen LogP contribution is 2.22. The minimum absolute atomic E-state index is 0. The fourth-order valence-electron chi connectivity index (χ4n) is 2.71. The van der Waals surface area contributed by atoms with Crippen molar-refractivity contribution in [2.45, 2.75) is 56.5 Å². The Morgan fingerprint density at radius 3 is 2.28 bits per heavy atom. The molecule has 0 aromatic heterocycles. The van der Waals surface area contributed by atoms with Gasteiger partial charge in [0.25, 0.3) is 5.91 Å². The van der Waals surface area contributed by atoms with Crippen LogP contribution in [0.1, 0.15) is 50.4 Å². The molecule has 1 aromatic carbocycles. The third-order valence-electron chi connectivity index (χ3n) is 4.05. The number of hydrogen-bond donors (Lipinski definition) is 3. The fraction of sp³-hybridized carbons (Fsp3) is 0.588. The minimum atomic E-state index is -3.50. The molecule has 4 N–H and O–H groups in total. The number of rotatable bonds is 8. The van der Waals surface area contributed by atoms with E-state index >= 15 is 0 Å². The van der Waals surface area contributed by atoms with Gasteiger partial charge < -0.3 is 11.1 Å². The van der Waals surface area contributed by atoms with Crippen LogP contribution in [0.5, 0.6) is 0 Å². The Bertz CT molecular complexity index is 688. The summed E-state index contributed by atoms with van der Waals surface area (Å²) in [5.74, 6) is 0.155. The molecule has 8 heteroatoms. The standard InChI is InChI=1S/C17H27N3O3S.ClH/c1-12(2)10-17(3,11-18)19-16(21)13-4-8-15(9-5-13)24(22,23)20-14-6-7-14;/h4-5,8-9,12,14,20H,6-7,10-11,18H2,1-3H3,(H,19,21);1H. The Hall–Kier alpha value is -1.15. The monoisotopic (exact) mass is 389 g/mol. The van der Waals surface area contributed by atoms with E-state index in [9.17, 15) is 13.2 Å². The molecule has 1 amide bonds. The molecule has 0 aliphatic heterocycles. The number of benzene rings is 1. The van der Waals surface area contributed by atoms with Crippen molar-refractivity contribution in [1.82, 2.24) is 10.0 Å². The zero-order valence-corrected chi connectivity index (χ0v) is 16.5. The summed E-state index contributed by atoms with van der Waals surface area (Å²) in [6.07, 6.45) is 2.54. The van der Waals surface area contributed by atoms with E-state index in [1.54, 1.807) is 0 Å². The fourth-order valence-corrected chi connectivity index (χ4v) is 4.01. The van der Waals surface area contributed by atoms with E-state index < -0.39 is 15.6 Å². The summed E-state index contributed by atoms with van der Waals surface area (Å²) in [5, 5.41) is 2.96. The van der Waals surface area contributed by atoms with E-state index in [1.165, 1.54) is 24.3 Å². The second-order valence-corrected chi connectivity index (χ2v) is 8.95. The number of nitrogens with two attached hydrogens (primary N) is 1. The zero-order chi connectivity index (χ0) is 18.0. The summed E-state index contributed by atoms with van der Waals surface area (Å²) in [5.41, 5.74) is 5.75. The van der Waals surface area contributed by atoms with Gasteiger partial charge in [-0.1, -0.05) is 13.8 Å². The Labute approximate surface area is 156 Å². The second kappa shape index (κ2) is 8.49. The van der Waals surface area contributed by atoms with Crippen molar-refractivity contribution in [3.8, 4) is 0 Å². The van der Waals surface area contributed by atoms with E-state index in [1.807, 2.05) is 6.92 Å². The summed E-state index contributed by atoms with van der Waals surface area (Å²) in [7, 11) is -3.50. The normalized spacial score (nSPS) is 16.8. The Kier molecular flexibility index (Phi) is 7.43. The molecule has 6 nitrogen and oxygen atoms in total. The van der Waals surface area contributed by atoms with E-state index in [2.05, 4.69) is 23.9 Å². The van der Waals surface area contributed by atoms with Gasteiger partial charge in [-0.2, -0.15) is 0 Å². The van der Waals surface area contributed by atoms with E-state index in [4.69, 9.17) is 5.73 Å². The number of carbonyl (C=O) groups is 1. The smallest absolute Gasteiger partial charge is 0.251 e. The molecule has 1 unspecified atom stereocenters. The van der Waals surface area contributed by atoms with Crippen molar-refractivity contribution in [3.05, 3.63) is 29.8 Å². The van der Waals surface area contributed by atoms with E-state index in [-0.39, 0.29) is 29.3 Å². The van der Waals surface area contributed by atoms with Gasteiger partial charge in [0, 0.05) is 23.7 Å². The molecule has 1 aliphatic rings. The largest absolute Gasteiger partial charge is 0.346 e. The molecule has 1 saturated carbocycles. The predicted molar refractivity (Wildman–Crippen MR) is 101 cm³/mol. The van der Waals surface area contributed by atoms with Gasteiger partial charge in [-0.25, -0.2) is 13.1 Å². The molecule has 2 rings (SSSR count). The first kappa shape index (κ1) is 21.9. The molecule has 0 heterocycles. The maximum absolute atomic E-state index is 12.4. The van der Waals surface area contributed by atoms with Crippen molar-refractivity contribution >= 4 is 28.3 Å². The molecule has 142 valence electrons. The highest BCUT2D eigenvalue weighted by molar-refractivity contribution is 7.89. The number of carbonyl (C=O) groups excluding carboxylic acids is 1. The molecule has 0 spiro atoms. The first-order chi connectivity index (χ1) is 11.1. The van der Waals surface area contributed by atoms with Crippen LogP contribution in [0.15, 0.2) is 29.2 Å². The summed E-state index contributed by atoms with van der Waals surface area (Å²) < 4.78 is 26.9.